The summed E-state index contributed by atoms with van der Waals surface area (Å²) in [6.45, 7) is 2.18. The molecule has 0 aliphatic rings. The van der Waals surface area contributed by atoms with E-state index in [4.69, 9.17) is 0 Å². The van der Waals surface area contributed by atoms with E-state index in [0.717, 1.165) is 11.1 Å². The number of fused-ring (bicyclic) bond motifs is 1. The van der Waals surface area contributed by atoms with Crippen molar-refractivity contribution in [1.82, 2.24) is 38.8 Å². The number of aromatic amines is 1. The first-order valence-corrected chi connectivity index (χ1v) is 13.2. The molecule has 2 N–H and O–H groups in total. The van der Waals surface area contributed by atoms with Crippen LogP contribution in [0.25, 0.3) is 33.5 Å². The van der Waals surface area contributed by atoms with Gasteiger partial charge in [0.1, 0.15) is 11.6 Å². The lowest BCUT2D eigenvalue weighted by atomic mass is 10.1. The molecule has 0 aliphatic carbocycles. The van der Waals surface area contributed by atoms with Crippen LogP contribution in [-0.2, 0) is 6.54 Å². The number of amides is 1. The van der Waals surface area contributed by atoms with Crippen LogP contribution < -0.4 is 16.6 Å². The first kappa shape index (κ1) is 27.5. The highest BCUT2D eigenvalue weighted by atomic mass is 19.1. The van der Waals surface area contributed by atoms with Gasteiger partial charge in [0.2, 0.25) is 0 Å². The third-order valence-corrected chi connectivity index (χ3v) is 6.86. The minimum absolute atomic E-state index is 0.0107. The summed E-state index contributed by atoms with van der Waals surface area (Å²) in [7, 11) is 3.79. The molecular weight excluding hydrogens is 553 g/mol. The molecule has 6 aromatic rings. The number of pyridine rings is 1. The van der Waals surface area contributed by atoms with E-state index in [1.807, 2.05) is 49.3 Å². The van der Waals surface area contributed by atoms with Crippen molar-refractivity contribution in [1.29, 1.82) is 0 Å². The summed E-state index contributed by atoms with van der Waals surface area (Å²) in [5.41, 5.74) is 1.28. The molecule has 4 aromatic heterocycles. The van der Waals surface area contributed by atoms with Crippen molar-refractivity contribution >= 4 is 22.8 Å². The van der Waals surface area contributed by atoms with Crippen molar-refractivity contribution in [2.75, 3.05) is 19.4 Å². The van der Waals surface area contributed by atoms with Crippen molar-refractivity contribution in [2.45, 2.75) is 13.5 Å². The number of aromatic nitrogens is 7. The highest BCUT2D eigenvalue weighted by Crippen LogP contribution is 2.24. The smallest absolute Gasteiger partial charge is 0.304 e. The Morgan fingerprint density at radius 2 is 1.79 bits per heavy atom. The first-order valence-electron chi connectivity index (χ1n) is 13.2. The SMILES string of the molecule is Cc1nn(-c2cccc(-c3ccncc3)c2)c2c(=O)n(C(=O)Nc3ccc(-n4ccnc4CN(C)C)cc3F)c(=O)[nH]c12. The van der Waals surface area contributed by atoms with Gasteiger partial charge < -0.3 is 19.8 Å². The number of hydrogen-bond donors (Lipinski definition) is 2. The average Bonchev–Trinajstić information content (AvgIpc) is 3.58. The fourth-order valence-corrected chi connectivity index (χ4v) is 4.86. The standard InChI is InChI=1S/C30H26FN9O3/c1-18-26-27(40(36-18)22-6-4-5-20(15-22)19-9-11-32-12-10-19)28(41)39(30(43)35-26)29(42)34-24-8-7-21(16-23(24)31)38-14-13-33-25(38)17-37(2)3/h4-16H,17H2,1-3H3,(H,34,42)(H,35,43). The van der Waals surface area contributed by atoms with Gasteiger partial charge >= 0.3 is 11.7 Å². The van der Waals surface area contributed by atoms with Crippen LogP contribution in [0.15, 0.2) is 89.0 Å². The van der Waals surface area contributed by atoms with E-state index in [1.54, 1.807) is 48.4 Å². The molecule has 6 rings (SSSR count). The van der Waals surface area contributed by atoms with Crippen LogP contribution >= 0.6 is 0 Å². The largest absolute Gasteiger partial charge is 0.337 e. The van der Waals surface area contributed by atoms with Crippen molar-refractivity contribution in [3.05, 3.63) is 118 Å². The molecule has 13 heteroatoms. The summed E-state index contributed by atoms with van der Waals surface area (Å²) in [4.78, 5) is 52.7. The molecule has 0 saturated carbocycles. The van der Waals surface area contributed by atoms with Crippen LogP contribution in [0.1, 0.15) is 11.5 Å². The minimum Gasteiger partial charge on any atom is -0.304 e. The number of nitrogens with zero attached hydrogens (tertiary/aromatic N) is 7. The number of nitrogens with one attached hydrogen (secondary N) is 2. The van der Waals surface area contributed by atoms with E-state index < -0.39 is 23.1 Å². The van der Waals surface area contributed by atoms with E-state index in [-0.39, 0.29) is 16.7 Å². The maximum Gasteiger partial charge on any atom is 0.337 e. The molecule has 216 valence electrons. The van der Waals surface area contributed by atoms with Gasteiger partial charge in [-0.3, -0.25) is 9.78 Å². The van der Waals surface area contributed by atoms with Crippen LogP contribution in [0, 0.1) is 12.7 Å². The Bertz CT molecular complexity index is 2110. The lowest BCUT2D eigenvalue weighted by molar-refractivity contribution is 0.252. The van der Waals surface area contributed by atoms with Gasteiger partial charge in [-0.15, -0.1) is 0 Å². The predicted octanol–water partition coefficient (Wildman–Crippen LogP) is 3.71. The lowest BCUT2D eigenvalue weighted by Crippen LogP contribution is -2.42. The molecule has 12 nitrogen and oxygen atoms in total. The van der Waals surface area contributed by atoms with Gasteiger partial charge in [0.25, 0.3) is 5.56 Å². The Balaban J connectivity index is 1.36. The average molecular weight is 580 g/mol. The first-order chi connectivity index (χ1) is 20.7. The summed E-state index contributed by atoms with van der Waals surface area (Å²) < 4.78 is 18.7. The van der Waals surface area contributed by atoms with Gasteiger partial charge in [0.15, 0.2) is 5.52 Å². The molecule has 0 fully saturated rings. The second-order valence-corrected chi connectivity index (χ2v) is 10.1. The number of H-pyrrole nitrogens is 1. The molecule has 0 saturated heterocycles. The molecule has 0 bridgehead atoms. The number of benzene rings is 2. The molecule has 0 atom stereocenters. The summed E-state index contributed by atoms with van der Waals surface area (Å²) >= 11 is 0. The normalized spacial score (nSPS) is 11.4. The molecule has 1 amide bonds. The van der Waals surface area contributed by atoms with Crippen LogP contribution in [0.4, 0.5) is 14.9 Å². The molecule has 43 heavy (non-hydrogen) atoms. The number of imidazole rings is 1. The predicted molar refractivity (Wildman–Crippen MR) is 159 cm³/mol. The van der Waals surface area contributed by atoms with Crippen LogP contribution in [0.5, 0.6) is 0 Å². The van der Waals surface area contributed by atoms with Gasteiger partial charge in [-0.05, 0) is 68.5 Å². The number of carbonyl (C=O) groups is 1. The third-order valence-electron chi connectivity index (χ3n) is 6.86. The van der Waals surface area contributed by atoms with Crippen molar-refractivity contribution in [3.63, 3.8) is 0 Å². The Labute approximate surface area is 243 Å². The van der Waals surface area contributed by atoms with Gasteiger partial charge in [-0.25, -0.2) is 23.6 Å². The number of aryl methyl sites for hydroxylation is 1. The fourth-order valence-electron chi connectivity index (χ4n) is 4.86. The minimum atomic E-state index is -1.12. The Kier molecular flexibility index (Phi) is 7.00. The number of anilines is 1. The second kappa shape index (κ2) is 10.9. The zero-order valence-corrected chi connectivity index (χ0v) is 23.4. The number of rotatable bonds is 6. The topological polar surface area (TPSA) is 136 Å². The summed E-state index contributed by atoms with van der Waals surface area (Å²) in [5.74, 6) is -0.0551. The maximum atomic E-state index is 15.2. The quantitative estimate of drug-likeness (QED) is 0.307. The fraction of sp³-hybridized carbons (Fsp3) is 0.133. The van der Waals surface area contributed by atoms with Crippen molar-refractivity contribution in [3.8, 4) is 22.5 Å². The van der Waals surface area contributed by atoms with E-state index in [2.05, 4.69) is 25.4 Å². The van der Waals surface area contributed by atoms with Crippen LogP contribution in [0.3, 0.4) is 0 Å². The molecular formula is C30H26FN9O3. The lowest BCUT2D eigenvalue weighted by Gasteiger charge is -2.13. The Hall–Kier alpha value is -5.69. The molecule has 0 unspecified atom stereocenters. The van der Waals surface area contributed by atoms with Crippen molar-refractivity contribution in [2.24, 2.45) is 0 Å². The molecule has 0 spiro atoms. The third kappa shape index (κ3) is 5.13. The van der Waals surface area contributed by atoms with Gasteiger partial charge in [-0.2, -0.15) is 9.67 Å². The Morgan fingerprint density at radius 1 is 1.00 bits per heavy atom. The Morgan fingerprint density at radius 3 is 2.53 bits per heavy atom. The molecule has 2 aromatic carbocycles. The molecule has 0 aliphatic heterocycles. The molecule has 4 heterocycles. The monoisotopic (exact) mass is 579 g/mol. The number of carbonyl (C=O) groups excluding carboxylic acids is 1. The summed E-state index contributed by atoms with van der Waals surface area (Å²) in [6, 6.07) is 14.1. The van der Waals surface area contributed by atoms with E-state index in [0.29, 0.717) is 34.0 Å². The number of hydrogen-bond acceptors (Lipinski definition) is 7. The van der Waals surface area contributed by atoms with E-state index in [1.165, 1.54) is 16.8 Å². The van der Waals surface area contributed by atoms with Crippen LogP contribution in [-0.4, -0.2) is 58.9 Å². The number of halogens is 1. The zero-order chi connectivity index (χ0) is 30.2. The van der Waals surface area contributed by atoms with Gasteiger partial charge in [-0.1, -0.05) is 12.1 Å². The maximum absolute atomic E-state index is 15.2. The zero-order valence-electron chi connectivity index (χ0n) is 23.4. The highest BCUT2D eigenvalue weighted by Gasteiger charge is 2.22. The van der Waals surface area contributed by atoms with Gasteiger partial charge in [0.05, 0.1) is 29.1 Å². The van der Waals surface area contributed by atoms with Crippen LogP contribution in [0.2, 0.25) is 0 Å². The van der Waals surface area contributed by atoms with E-state index in [9.17, 15) is 14.4 Å². The molecule has 0 radical (unpaired) electrons. The highest BCUT2D eigenvalue weighted by molar-refractivity contribution is 5.92. The second-order valence-electron chi connectivity index (χ2n) is 10.1. The summed E-state index contributed by atoms with van der Waals surface area (Å²) in [6.07, 6.45) is 6.67. The van der Waals surface area contributed by atoms with E-state index >= 15 is 4.39 Å². The van der Waals surface area contributed by atoms with Crippen molar-refractivity contribution < 1.29 is 9.18 Å². The van der Waals surface area contributed by atoms with Gasteiger partial charge in [0, 0.05) is 36.5 Å². The summed E-state index contributed by atoms with van der Waals surface area (Å²) in [5, 5.41) is 6.82.